The molecule has 2 nitrogen and oxygen atoms in total. The van der Waals surface area contributed by atoms with Gasteiger partial charge in [0.25, 0.3) is 0 Å². The summed E-state index contributed by atoms with van der Waals surface area (Å²) in [5.41, 5.74) is 0.838. The van der Waals surface area contributed by atoms with Crippen molar-refractivity contribution >= 4 is 27.3 Å². The topological polar surface area (TPSA) is 32.3 Å². The maximum absolute atomic E-state index is 10.0. The van der Waals surface area contributed by atoms with Gasteiger partial charge >= 0.3 is 0 Å². The minimum absolute atomic E-state index is 0.416. The maximum Gasteiger partial charge on any atom is 0.0741 e. The van der Waals surface area contributed by atoms with Gasteiger partial charge in [0.1, 0.15) is 0 Å². The Balaban J connectivity index is 2.03. The van der Waals surface area contributed by atoms with Gasteiger partial charge in [-0.15, -0.1) is 11.3 Å². The minimum atomic E-state index is -0.592. The van der Waals surface area contributed by atoms with Gasteiger partial charge in [0, 0.05) is 17.5 Å². The van der Waals surface area contributed by atoms with Gasteiger partial charge in [-0.3, -0.25) is 0 Å². The highest BCUT2D eigenvalue weighted by Crippen LogP contribution is 2.38. The van der Waals surface area contributed by atoms with Gasteiger partial charge in [-0.25, -0.2) is 0 Å². The van der Waals surface area contributed by atoms with Crippen molar-refractivity contribution < 1.29 is 5.11 Å². The van der Waals surface area contributed by atoms with E-state index >= 15 is 0 Å². The summed E-state index contributed by atoms with van der Waals surface area (Å²) in [4.78, 5) is 1.50. The van der Waals surface area contributed by atoms with E-state index in [0.717, 1.165) is 6.42 Å². The first kappa shape index (κ1) is 13.5. The van der Waals surface area contributed by atoms with Crippen molar-refractivity contribution in [2.24, 2.45) is 0 Å². The first-order chi connectivity index (χ1) is 8.02. The minimum Gasteiger partial charge on any atom is -0.389 e. The molecule has 1 aliphatic carbocycles. The van der Waals surface area contributed by atoms with Crippen molar-refractivity contribution in [2.45, 2.75) is 51.2 Å². The number of nitrogens with one attached hydrogen (secondary N) is 1. The average molecular weight is 318 g/mol. The van der Waals surface area contributed by atoms with Crippen molar-refractivity contribution in [1.82, 2.24) is 5.32 Å². The number of hydrogen-bond acceptors (Lipinski definition) is 3. The molecule has 1 aromatic heterocycles. The summed E-state index contributed by atoms with van der Waals surface area (Å²) in [7, 11) is 0. The van der Waals surface area contributed by atoms with Crippen LogP contribution in [0.15, 0.2) is 9.85 Å². The molecule has 0 spiro atoms. The van der Waals surface area contributed by atoms with Crippen LogP contribution in [0.5, 0.6) is 0 Å². The highest BCUT2D eigenvalue weighted by molar-refractivity contribution is 9.11. The molecule has 2 rings (SSSR count). The van der Waals surface area contributed by atoms with E-state index in [9.17, 15) is 5.11 Å². The Hall–Kier alpha value is 0.100. The summed E-state index contributed by atoms with van der Waals surface area (Å²) in [6.07, 6.45) is 4.41. The fraction of sp³-hybridized carbons (Fsp3) is 0.692. The van der Waals surface area contributed by atoms with E-state index in [-0.39, 0.29) is 0 Å². The summed E-state index contributed by atoms with van der Waals surface area (Å²) < 4.78 is 1.22. The molecule has 0 bridgehead atoms. The van der Waals surface area contributed by atoms with E-state index in [1.807, 2.05) is 25.2 Å². The van der Waals surface area contributed by atoms with Crippen LogP contribution in [0, 0.1) is 0 Å². The first-order valence-electron chi connectivity index (χ1n) is 6.26. The molecule has 1 heterocycles. The summed E-state index contributed by atoms with van der Waals surface area (Å²) in [6.45, 7) is 4.59. The number of fused-ring (bicyclic) bond motifs is 1. The SMILES string of the molecule is CCC(C)(O)CNC1CCCc2sc(Br)cc21. The molecule has 0 saturated heterocycles. The van der Waals surface area contributed by atoms with Crippen LogP contribution in [0.3, 0.4) is 0 Å². The molecule has 4 heteroatoms. The Kier molecular flexibility index (Phi) is 4.29. The van der Waals surface area contributed by atoms with Gasteiger partial charge in [-0.05, 0) is 60.2 Å². The molecule has 2 atom stereocenters. The van der Waals surface area contributed by atoms with Gasteiger partial charge < -0.3 is 10.4 Å². The molecule has 0 radical (unpaired) electrons. The second kappa shape index (κ2) is 5.39. The summed E-state index contributed by atoms with van der Waals surface area (Å²) >= 11 is 5.41. The highest BCUT2D eigenvalue weighted by Gasteiger charge is 2.25. The second-order valence-electron chi connectivity index (χ2n) is 5.11. The number of hydrogen-bond donors (Lipinski definition) is 2. The zero-order valence-corrected chi connectivity index (χ0v) is 12.8. The Morgan fingerprint density at radius 3 is 3.12 bits per heavy atom. The Bertz CT molecular complexity index is 389. The molecular weight excluding hydrogens is 298 g/mol. The number of aryl methyl sites for hydroxylation is 1. The number of thiophene rings is 1. The lowest BCUT2D eigenvalue weighted by atomic mass is 9.93. The third-order valence-corrected chi connectivity index (χ3v) is 5.29. The van der Waals surface area contributed by atoms with E-state index in [1.165, 1.54) is 33.5 Å². The molecule has 0 saturated carbocycles. The van der Waals surface area contributed by atoms with Crippen LogP contribution >= 0.6 is 27.3 Å². The van der Waals surface area contributed by atoms with E-state index in [2.05, 4.69) is 27.3 Å². The van der Waals surface area contributed by atoms with E-state index in [0.29, 0.717) is 12.6 Å². The normalized spacial score (nSPS) is 23.2. The van der Waals surface area contributed by atoms with Gasteiger partial charge in [-0.2, -0.15) is 0 Å². The maximum atomic E-state index is 10.0. The molecule has 1 aromatic rings. The lowest BCUT2D eigenvalue weighted by Crippen LogP contribution is -2.39. The molecule has 96 valence electrons. The summed E-state index contributed by atoms with van der Waals surface area (Å²) in [6, 6.07) is 2.65. The molecule has 17 heavy (non-hydrogen) atoms. The second-order valence-corrected chi connectivity index (χ2v) is 7.62. The predicted octanol–water partition coefficient (Wildman–Crippen LogP) is 3.64. The van der Waals surface area contributed by atoms with Crippen LogP contribution in [-0.2, 0) is 6.42 Å². The zero-order valence-electron chi connectivity index (χ0n) is 10.4. The molecule has 2 N–H and O–H groups in total. The largest absolute Gasteiger partial charge is 0.389 e. The predicted molar refractivity (Wildman–Crippen MR) is 76.6 cm³/mol. The lowest BCUT2D eigenvalue weighted by Gasteiger charge is -2.28. The molecule has 2 unspecified atom stereocenters. The van der Waals surface area contributed by atoms with Gasteiger partial charge in [-0.1, -0.05) is 6.92 Å². The van der Waals surface area contributed by atoms with E-state index < -0.39 is 5.60 Å². The van der Waals surface area contributed by atoms with Crippen LogP contribution < -0.4 is 5.32 Å². The van der Waals surface area contributed by atoms with E-state index in [4.69, 9.17) is 0 Å². The van der Waals surface area contributed by atoms with Crippen molar-refractivity contribution in [3.8, 4) is 0 Å². The Labute approximate surface area is 116 Å². The number of rotatable bonds is 4. The van der Waals surface area contributed by atoms with Crippen molar-refractivity contribution in [3.05, 3.63) is 20.3 Å². The van der Waals surface area contributed by atoms with Crippen LogP contribution in [0.4, 0.5) is 0 Å². The zero-order chi connectivity index (χ0) is 12.5. The van der Waals surface area contributed by atoms with Gasteiger partial charge in [0.15, 0.2) is 0 Å². The fourth-order valence-electron chi connectivity index (χ4n) is 2.20. The monoisotopic (exact) mass is 317 g/mol. The smallest absolute Gasteiger partial charge is 0.0741 e. The fourth-order valence-corrected chi connectivity index (χ4v) is 4.02. The number of halogens is 1. The molecule has 0 aromatic carbocycles. The van der Waals surface area contributed by atoms with E-state index in [1.54, 1.807) is 0 Å². The number of aliphatic hydroxyl groups is 1. The average Bonchev–Trinajstić information content (AvgIpc) is 2.67. The summed E-state index contributed by atoms with van der Waals surface area (Å²) in [5.74, 6) is 0. The Morgan fingerprint density at radius 2 is 2.41 bits per heavy atom. The first-order valence-corrected chi connectivity index (χ1v) is 7.86. The van der Waals surface area contributed by atoms with Crippen LogP contribution in [0.1, 0.15) is 49.6 Å². The van der Waals surface area contributed by atoms with Gasteiger partial charge in [0.2, 0.25) is 0 Å². The summed E-state index contributed by atoms with van der Waals surface area (Å²) in [5, 5.41) is 13.6. The third-order valence-electron chi connectivity index (χ3n) is 3.57. The molecule has 1 aliphatic rings. The van der Waals surface area contributed by atoms with Crippen molar-refractivity contribution in [1.29, 1.82) is 0 Å². The van der Waals surface area contributed by atoms with Crippen molar-refractivity contribution in [3.63, 3.8) is 0 Å². The molecule has 0 amide bonds. The van der Waals surface area contributed by atoms with Crippen LogP contribution in [-0.4, -0.2) is 17.3 Å². The standard InChI is InChI=1S/C13H20BrNOS/c1-3-13(2,16)8-15-10-5-4-6-11-9(10)7-12(14)17-11/h7,10,15-16H,3-6,8H2,1-2H3. The van der Waals surface area contributed by atoms with Crippen LogP contribution in [0.25, 0.3) is 0 Å². The Morgan fingerprint density at radius 1 is 1.65 bits per heavy atom. The molecule has 0 fully saturated rings. The molecule has 0 aliphatic heterocycles. The third kappa shape index (κ3) is 3.31. The lowest BCUT2D eigenvalue weighted by molar-refractivity contribution is 0.0521. The van der Waals surface area contributed by atoms with Crippen molar-refractivity contribution in [2.75, 3.05) is 6.54 Å². The molecular formula is C13H20BrNOS. The van der Waals surface area contributed by atoms with Gasteiger partial charge in [0.05, 0.1) is 9.39 Å². The highest BCUT2D eigenvalue weighted by atomic mass is 79.9. The quantitative estimate of drug-likeness (QED) is 0.888. The van der Waals surface area contributed by atoms with Crippen LogP contribution in [0.2, 0.25) is 0 Å².